The van der Waals surface area contributed by atoms with Crippen LogP contribution in [0.25, 0.3) is 98.1 Å². The molecule has 0 bridgehead atoms. The fourth-order valence-corrected chi connectivity index (χ4v) is 7.88. The van der Waals surface area contributed by atoms with Crippen LogP contribution >= 0.6 is 0 Å². The van der Waals surface area contributed by atoms with Crippen molar-refractivity contribution in [3.63, 3.8) is 0 Å². The molecule has 1 heteroatoms. The molecule has 222 valence electrons. The van der Waals surface area contributed by atoms with E-state index in [1.54, 1.807) is 0 Å². The molecule has 0 saturated heterocycles. The molecule has 10 rings (SSSR count). The molecule has 10 aromatic rings. The van der Waals surface area contributed by atoms with Gasteiger partial charge in [0.15, 0.2) is 0 Å². The number of hydrogen-bond donors (Lipinski definition) is 0. The predicted octanol–water partition coefficient (Wildman–Crippen LogP) is 13.0. The Morgan fingerprint density at radius 3 is 1.56 bits per heavy atom. The Bertz CT molecular complexity index is 2890. The first kappa shape index (κ1) is 26.9. The van der Waals surface area contributed by atoms with E-state index in [-0.39, 0.29) is 0 Å². The Labute approximate surface area is 278 Å². The summed E-state index contributed by atoms with van der Waals surface area (Å²) >= 11 is 0. The predicted molar refractivity (Wildman–Crippen MR) is 206 cm³/mol. The minimum Gasteiger partial charge on any atom is -0.256 e. The zero-order valence-corrected chi connectivity index (χ0v) is 26.2. The van der Waals surface area contributed by atoms with Crippen molar-refractivity contribution < 1.29 is 0 Å². The average Bonchev–Trinajstić information content (AvgIpc) is 3.16. The van der Waals surface area contributed by atoms with Crippen LogP contribution in [0, 0.1) is 0 Å². The SMILES string of the molecule is c1ccc2c(-c3ccc4cc(-c5c6ccccc6c(-c6cccc7ccccc67)c6c5cnc5ccccc56)ccc4c3)cccc2c1. The van der Waals surface area contributed by atoms with Gasteiger partial charge in [-0.2, -0.15) is 0 Å². The highest BCUT2D eigenvalue weighted by atomic mass is 14.7. The zero-order valence-electron chi connectivity index (χ0n) is 26.2. The summed E-state index contributed by atoms with van der Waals surface area (Å²) in [5, 5.41) is 13.6. The first-order valence-corrected chi connectivity index (χ1v) is 16.5. The van der Waals surface area contributed by atoms with Gasteiger partial charge in [-0.3, -0.25) is 4.98 Å². The van der Waals surface area contributed by atoms with Crippen molar-refractivity contribution >= 4 is 64.8 Å². The van der Waals surface area contributed by atoms with Crippen molar-refractivity contribution in [2.45, 2.75) is 0 Å². The van der Waals surface area contributed by atoms with Crippen LogP contribution in [0.1, 0.15) is 0 Å². The van der Waals surface area contributed by atoms with Gasteiger partial charge in [0.1, 0.15) is 0 Å². The largest absolute Gasteiger partial charge is 0.256 e. The minimum absolute atomic E-state index is 1.01. The molecule has 1 aromatic heterocycles. The summed E-state index contributed by atoms with van der Waals surface area (Å²) in [7, 11) is 0. The average molecular weight is 608 g/mol. The quantitative estimate of drug-likeness (QED) is 0.144. The Morgan fingerprint density at radius 2 is 0.833 bits per heavy atom. The fourth-order valence-electron chi connectivity index (χ4n) is 7.88. The second-order valence-electron chi connectivity index (χ2n) is 12.7. The van der Waals surface area contributed by atoms with Crippen molar-refractivity contribution in [1.82, 2.24) is 4.98 Å². The summed E-state index contributed by atoms with van der Waals surface area (Å²) in [5.41, 5.74) is 8.44. The van der Waals surface area contributed by atoms with E-state index in [2.05, 4.69) is 176 Å². The van der Waals surface area contributed by atoms with Crippen LogP contribution in [0.4, 0.5) is 0 Å². The molecular weight excluding hydrogens is 579 g/mol. The van der Waals surface area contributed by atoms with E-state index in [1.165, 1.54) is 92.6 Å². The maximum atomic E-state index is 5.03. The van der Waals surface area contributed by atoms with E-state index in [9.17, 15) is 0 Å². The number of para-hydroxylation sites is 1. The second-order valence-corrected chi connectivity index (χ2v) is 12.7. The number of aromatic nitrogens is 1. The lowest BCUT2D eigenvalue weighted by Crippen LogP contribution is -1.94. The van der Waals surface area contributed by atoms with Crippen molar-refractivity contribution in [3.05, 3.63) is 176 Å². The second kappa shape index (κ2) is 10.6. The van der Waals surface area contributed by atoms with Crippen LogP contribution in [0.3, 0.4) is 0 Å². The molecule has 1 heterocycles. The number of benzene rings is 9. The fraction of sp³-hybridized carbons (Fsp3) is 0. The zero-order chi connectivity index (χ0) is 31.6. The third kappa shape index (κ3) is 4.08. The smallest absolute Gasteiger partial charge is 0.0708 e. The molecule has 0 aliphatic heterocycles. The van der Waals surface area contributed by atoms with Crippen LogP contribution in [0.5, 0.6) is 0 Å². The third-order valence-corrected chi connectivity index (χ3v) is 10.0. The van der Waals surface area contributed by atoms with Gasteiger partial charge in [-0.05, 0) is 94.7 Å². The van der Waals surface area contributed by atoms with E-state index in [4.69, 9.17) is 4.98 Å². The number of nitrogens with zero attached hydrogens (tertiary/aromatic N) is 1. The van der Waals surface area contributed by atoms with E-state index in [1.807, 2.05) is 0 Å². The highest BCUT2D eigenvalue weighted by molar-refractivity contribution is 6.29. The molecule has 0 radical (unpaired) electrons. The standard InChI is InChI=1S/C47H29N/c1-3-15-36-30(11-1)13-9-20-38(36)34-25-23-33-28-35(26-24-32(33)27-34)45-40-17-5-6-18-41(40)46(39-21-10-14-31-12-2-4-16-37(31)39)47-42-19-7-8-22-44(42)48-29-43(45)47/h1-29H. The molecule has 0 N–H and O–H groups in total. The van der Waals surface area contributed by atoms with Gasteiger partial charge in [-0.25, -0.2) is 0 Å². The molecule has 0 fully saturated rings. The Balaban J connectivity index is 1.26. The normalized spacial score (nSPS) is 11.8. The lowest BCUT2D eigenvalue weighted by molar-refractivity contribution is 1.45. The molecule has 0 amide bonds. The summed E-state index contributed by atoms with van der Waals surface area (Å²) < 4.78 is 0. The van der Waals surface area contributed by atoms with Gasteiger partial charge < -0.3 is 0 Å². The topological polar surface area (TPSA) is 12.9 Å². The van der Waals surface area contributed by atoms with E-state index < -0.39 is 0 Å². The van der Waals surface area contributed by atoms with Crippen molar-refractivity contribution in [2.24, 2.45) is 0 Å². The molecule has 0 unspecified atom stereocenters. The van der Waals surface area contributed by atoms with Crippen LogP contribution in [-0.2, 0) is 0 Å². The number of rotatable bonds is 3. The van der Waals surface area contributed by atoms with Gasteiger partial charge in [-0.1, -0.05) is 152 Å². The van der Waals surface area contributed by atoms with Crippen LogP contribution in [0.15, 0.2) is 176 Å². The molecule has 0 spiro atoms. The van der Waals surface area contributed by atoms with Crippen LogP contribution in [0.2, 0.25) is 0 Å². The molecule has 0 aliphatic carbocycles. The van der Waals surface area contributed by atoms with Gasteiger partial charge in [0.05, 0.1) is 5.52 Å². The third-order valence-electron chi connectivity index (χ3n) is 10.0. The van der Waals surface area contributed by atoms with Gasteiger partial charge in [0, 0.05) is 22.4 Å². The van der Waals surface area contributed by atoms with Crippen molar-refractivity contribution in [3.8, 4) is 33.4 Å². The molecule has 48 heavy (non-hydrogen) atoms. The first-order chi connectivity index (χ1) is 23.8. The highest BCUT2D eigenvalue weighted by Crippen LogP contribution is 2.47. The summed E-state index contributed by atoms with van der Waals surface area (Å²) in [6.45, 7) is 0. The molecule has 0 aliphatic rings. The first-order valence-electron chi connectivity index (χ1n) is 16.5. The summed E-state index contributed by atoms with van der Waals surface area (Å²) in [6.07, 6.45) is 2.10. The van der Waals surface area contributed by atoms with Gasteiger partial charge >= 0.3 is 0 Å². The van der Waals surface area contributed by atoms with Gasteiger partial charge in [0.25, 0.3) is 0 Å². The Hall–Kier alpha value is -6.31. The number of pyridine rings is 1. The highest BCUT2D eigenvalue weighted by Gasteiger charge is 2.20. The van der Waals surface area contributed by atoms with Crippen LogP contribution < -0.4 is 0 Å². The number of hydrogen-bond acceptors (Lipinski definition) is 1. The van der Waals surface area contributed by atoms with Crippen LogP contribution in [-0.4, -0.2) is 4.98 Å². The summed E-state index contributed by atoms with van der Waals surface area (Å²) in [5.74, 6) is 0. The van der Waals surface area contributed by atoms with Crippen molar-refractivity contribution in [1.29, 1.82) is 0 Å². The van der Waals surface area contributed by atoms with E-state index in [0.29, 0.717) is 0 Å². The molecule has 9 aromatic carbocycles. The Morgan fingerprint density at radius 1 is 0.312 bits per heavy atom. The van der Waals surface area contributed by atoms with Gasteiger partial charge in [0.2, 0.25) is 0 Å². The Kier molecular flexibility index (Phi) is 5.94. The molecule has 0 saturated carbocycles. The lowest BCUT2D eigenvalue weighted by Gasteiger charge is -2.20. The maximum Gasteiger partial charge on any atom is 0.0708 e. The maximum absolute atomic E-state index is 5.03. The van der Waals surface area contributed by atoms with Gasteiger partial charge in [-0.15, -0.1) is 0 Å². The number of fused-ring (bicyclic) bond motifs is 7. The monoisotopic (exact) mass is 607 g/mol. The molecule has 0 atom stereocenters. The minimum atomic E-state index is 1.01. The van der Waals surface area contributed by atoms with Crippen molar-refractivity contribution in [2.75, 3.05) is 0 Å². The summed E-state index contributed by atoms with van der Waals surface area (Å²) in [6, 6.07) is 61.9. The molecular formula is C47H29N. The lowest BCUT2D eigenvalue weighted by atomic mass is 9.83. The summed E-state index contributed by atoms with van der Waals surface area (Å²) in [4.78, 5) is 5.03. The van der Waals surface area contributed by atoms with E-state index >= 15 is 0 Å². The van der Waals surface area contributed by atoms with E-state index in [0.717, 1.165) is 5.52 Å². The molecule has 1 nitrogen and oxygen atoms in total.